The number of rotatable bonds is 5. The lowest BCUT2D eigenvalue weighted by Gasteiger charge is -2.16. The van der Waals surface area contributed by atoms with Gasteiger partial charge in [-0.1, -0.05) is 176 Å². The van der Waals surface area contributed by atoms with Crippen LogP contribution in [0.2, 0.25) is 0 Å². The zero-order valence-electron chi connectivity index (χ0n) is 33.4. The second-order valence-corrected chi connectivity index (χ2v) is 15.9. The highest BCUT2D eigenvalue weighted by molar-refractivity contribution is 6.29. The number of benzene rings is 10. The second-order valence-electron chi connectivity index (χ2n) is 15.9. The Bertz CT molecular complexity index is 3830. The van der Waals surface area contributed by atoms with Crippen LogP contribution in [-0.2, 0) is 0 Å². The van der Waals surface area contributed by atoms with Crippen LogP contribution in [0.1, 0.15) is 0 Å². The number of fused-ring (bicyclic) bond motifs is 13. The lowest BCUT2D eigenvalue weighted by molar-refractivity contribution is 0.953. The zero-order valence-corrected chi connectivity index (χ0v) is 33.4. The van der Waals surface area contributed by atoms with Gasteiger partial charge in [-0.15, -0.1) is 0 Å². The molecule has 5 nitrogen and oxygen atoms in total. The molecule has 5 heteroatoms. The van der Waals surface area contributed by atoms with Crippen molar-refractivity contribution in [1.29, 1.82) is 0 Å². The fourth-order valence-electron chi connectivity index (χ4n) is 9.88. The van der Waals surface area contributed by atoms with Gasteiger partial charge in [0.1, 0.15) is 0 Å². The standard InChI is InChI=1S/C57H35N5/c1-3-17-36(18-4-1)55-58-56(37-19-5-2-6-20-37)60-57(59-55)62-50-30-16-13-27-46(50)54-52(62)34-33-51-53(54)45-26-12-15-29-49(45)61(51)48-28-14-11-21-39(48)38-31-32-44-42-24-8-7-22-40(42)41-23-9-10-25-43(41)47(44)35-38/h1-35H. The van der Waals surface area contributed by atoms with Crippen LogP contribution in [0.15, 0.2) is 212 Å². The summed E-state index contributed by atoms with van der Waals surface area (Å²) in [6.45, 7) is 0. The average Bonchev–Trinajstić information content (AvgIpc) is 3.87. The van der Waals surface area contributed by atoms with Crippen LogP contribution in [0.3, 0.4) is 0 Å². The van der Waals surface area contributed by atoms with E-state index in [1.165, 1.54) is 54.2 Å². The number of para-hydroxylation sites is 3. The van der Waals surface area contributed by atoms with E-state index >= 15 is 0 Å². The molecule has 13 rings (SSSR count). The topological polar surface area (TPSA) is 48.5 Å². The Morgan fingerprint density at radius 2 is 0.710 bits per heavy atom. The molecule has 0 unspecified atom stereocenters. The largest absolute Gasteiger partial charge is 0.309 e. The molecule has 0 amide bonds. The Labute approximate surface area is 356 Å². The van der Waals surface area contributed by atoms with Gasteiger partial charge in [-0.3, -0.25) is 4.57 Å². The van der Waals surface area contributed by atoms with E-state index in [-0.39, 0.29) is 0 Å². The molecule has 0 aliphatic carbocycles. The number of nitrogens with zero attached hydrogens (tertiary/aromatic N) is 5. The highest BCUT2D eigenvalue weighted by Gasteiger charge is 2.23. The van der Waals surface area contributed by atoms with Gasteiger partial charge < -0.3 is 4.57 Å². The summed E-state index contributed by atoms with van der Waals surface area (Å²) in [5.41, 5.74) is 9.70. The first-order chi connectivity index (χ1) is 30.8. The van der Waals surface area contributed by atoms with Gasteiger partial charge >= 0.3 is 0 Å². The summed E-state index contributed by atoms with van der Waals surface area (Å²) in [5.74, 6) is 1.84. The number of hydrogen-bond donors (Lipinski definition) is 0. The van der Waals surface area contributed by atoms with Gasteiger partial charge in [-0.05, 0) is 74.3 Å². The van der Waals surface area contributed by atoms with E-state index in [0.29, 0.717) is 17.6 Å². The third-order valence-corrected chi connectivity index (χ3v) is 12.6. The highest BCUT2D eigenvalue weighted by Crippen LogP contribution is 2.44. The quantitative estimate of drug-likeness (QED) is 0.163. The van der Waals surface area contributed by atoms with E-state index in [0.717, 1.165) is 49.7 Å². The second kappa shape index (κ2) is 13.6. The summed E-state index contributed by atoms with van der Waals surface area (Å²) < 4.78 is 4.67. The molecule has 0 saturated heterocycles. The first-order valence-electron chi connectivity index (χ1n) is 21.0. The van der Waals surface area contributed by atoms with Crippen molar-refractivity contribution in [2.75, 3.05) is 0 Å². The summed E-state index contributed by atoms with van der Waals surface area (Å²) in [5, 5.41) is 12.3. The van der Waals surface area contributed by atoms with Crippen LogP contribution < -0.4 is 0 Å². The van der Waals surface area contributed by atoms with Crippen LogP contribution in [-0.4, -0.2) is 24.1 Å². The molecule has 62 heavy (non-hydrogen) atoms. The smallest absolute Gasteiger partial charge is 0.238 e. The van der Waals surface area contributed by atoms with E-state index in [1.54, 1.807) is 0 Å². The van der Waals surface area contributed by atoms with Gasteiger partial charge in [0.15, 0.2) is 11.6 Å². The first kappa shape index (κ1) is 34.5. The van der Waals surface area contributed by atoms with Crippen LogP contribution in [0.25, 0.3) is 121 Å². The molecule has 3 heterocycles. The molecule has 0 atom stereocenters. The van der Waals surface area contributed by atoms with E-state index in [2.05, 4.69) is 185 Å². The van der Waals surface area contributed by atoms with Crippen LogP contribution in [0.4, 0.5) is 0 Å². The monoisotopic (exact) mass is 789 g/mol. The Morgan fingerprint density at radius 3 is 1.29 bits per heavy atom. The van der Waals surface area contributed by atoms with Crippen LogP contribution >= 0.6 is 0 Å². The van der Waals surface area contributed by atoms with Gasteiger partial charge in [0.25, 0.3) is 0 Å². The van der Waals surface area contributed by atoms with Crippen molar-refractivity contribution in [3.05, 3.63) is 212 Å². The molecule has 10 aromatic carbocycles. The maximum atomic E-state index is 5.20. The van der Waals surface area contributed by atoms with Gasteiger partial charge in [0, 0.05) is 38.2 Å². The molecule has 13 aromatic rings. The van der Waals surface area contributed by atoms with Crippen molar-refractivity contribution < 1.29 is 0 Å². The summed E-state index contributed by atoms with van der Waals surface area (Å²) in [7, 11) is 0. The van der Waals surface area contributed by atoms with Crippen molar-refractivity contribution >= 4 is 75.9 Å². The predicted octanol–water partition coefficient (Wildman–Crippen LogP) is 14.5. The molecule has 0 radical (unpaired) electrons. The molecule has 0 bridgehead atoms. The van der Waals surface area contributed by atoms with E-state index in [4.69, 9.17) is 15.0 Å². The van der Waals surface area contributed by atoms with Crippen LogP contribution in [0.5, 0.6) is 0 Å². The molecule has 0 saturated carbocycles. The Balaban J connectivity index is 1.08. The van der Waals surface area contributed by atoms with Crippen molar-refractivity contribution in [3.8, 4) is 45.5 Å². The van der Waals surface area contributed by atoms with Gasteiger partial charge in [-0.25, -0.2) is 4.98 Å². The summed E-state index contributed by atoms with van der Waals surface area (Å²) in [6, 6.07) is 75.7. The molecule has 0 aliphatic rings. The lowest BCUT2D eigenvalue weighted by atomic mass is 9.92. The van der Waals surface area contributed by atoms with Gasteiger partial charge in [-0.2, -0.15) is 9.97 Å². The van der Waals surface area contributed by atoms with Gasteiger partial charge in [0.05, 0.1) is 27.8 Å². The van der Waals surface area contributed by atoms with E-state index in [9.17, 15) is 0 Å². The fraction of sp³-hybridized carbons (Fsp3) is 0. The molecule has 0 aliphatic heterocycles. The minimum absolute atomic E-state index is 0.578. The maximum Gasteiger partial charge on any atom is 0.238 e. The Morgan fingerprint density at radius 1 is 0.274 bits per heavy atom. The summed E-state index contributed by atoms with van der Waals surface area (Å²) in [4.78, 5) is 15.4. The minimum atomic E-state index is 0.578. The van der Waals surface area contributed by atoms with E-state index < -0.39 is 0 Å². The normalized spacial score (nSPS) is 11.9. The summed E-state index contributed by atoms with van der Waals surface area (Å²) >= 11 is 0. The molecular formula is C57H35N5. The third kappa shape index (κ3) is 5.12. The van der Waals surface area contributed by atoms with Crippen molar-refractivity contribution in [2.24, 2.45) is 0 Å². The lowest BCUT2D eigenvalue weighted by Crippen LogP contribution is -2.06. The van der Waals surface area contributed by atoms with Crippen molar-refractivity contribution in [2.45, 2.75) is 0 Å². The average molecular weight is 790 g/mol. The molecule has 0 N–H and O–H groups in total. The number of aromatic nitrogens is 5. The van der Waals surface area contributed by atoms with E-state index in [1.807, 2.05) is 36.4 Å². The Kier molecular flexibility index (Phi) is 7.54. The molecule has 0 spiro atoms. The summed E-state index contributed by atoms with van der Waals surface area (Å²) in [6.07, 6.45) is 0. The number of hydrogen-bond acceptors (Lipinski definition) is 3. The first-order valence-corrected chi connectivity index (χ1v) is 21.0. The molecular weight excluding hydrogens is 755 g/mol. The Hall–Kier alpha value is -8.41. The van der Waals surface area contributed by atoms with Crippen LogP contribution in [0, 0.1) is 0 Å². The minimum Gasteiger partial charge on any atom is -0.309 e. The fourth-order valence-corrected chi connectivity index (χ4v) is 9.88. The molecule has 0 fully saturated rings. The predicted molar refractivity (Wildman–Crippen MR) is 257 cm³/mol. The van der Waals surface area contributed by atoms with Crippen molar-refractivity contribution in [3.63, 3.8) is 0 Å². The molecule has 288 valence electrons. The van der Waals surface area contributed by atoms with Gasteiger partial charge in [0.2, 0.25) is 5.95 Å². The maximum absolute atomic E-state index is 5.20. The molecule has 3 aromatic heterocycles. The third-order valence-electron chi connectivity index (χ3n) is 12.6. The van der Waals surface area contributed by atoms with Crippen molar-refractivity contribution in [1.82, 2.24) is 24.1 Å². The zero-order chi connectivity index (χ0) is 40.7. The highest BCUT2D eigenvalue weighted by atomic mass is 15.2. The SMILES string of the molecule is c1ccc(-c2nc(-c3ccccc3)nc(-n3c4ccccc4c4c5c6ccccc6n(-c6ccccc6-c6ccc7c8ccccc8c8ccccc8c7c6)c5ccc43)n2)cc1.